The topological polar surface area (TPSA) is 23.6 Å². The monoisotopic (exact) mass is 286 g/mol. The highest BCUT2D eigenvalue weighted by Crippen LogP contribution is 2.39. The molecule has 1 spiro atoms. The molecule has 2 aliphatic rings. The number of carbonyl (C=O) groups excluding carboxylic acids is 1. The molecule has 2 fully saturated rings. The molecular weight excluding hydrogens is 260 g/mol. The van der Waals surface area contributed by atoms with Gasteiger partial charge in [-0.05, 0) is 69.8 Å². The molecule has 1 aromatic rings. The number of likely N-dealkylation sites (tertiary alicyclic amines) is 2. The molecular formula is C18H26N2O. The summed E-state index contributed by atoms with van der Waals surface area (Å²) in [6.45, 7) is 6.25. The number of amides is 1. The van der Waals surface area contributed by atoms with Crippen LogP contribution in [0.4, 0.5) is 0 Å². The minimum absolute atomic E-state index is 0.228. The summed E-state index contributed by atoms with van der Waals surface area (Å²) < 4.78 is 0. The van der Waals surface area contributed by atoms with E-state index in [0.29, 0.717) is 5.41 Å². The number of piperidine rings is 2. The van der Waals surface area contributed by atoms with Crippen LogP contribution in [0.2, 0.25) is 0 Å². The summed E-state index contributed by atoms with van der Waals surface area (Å²) in [7, 11) is 2.20. The van der Waals surface area contributed by atoms with Crippen LogP contribution in [0, 0.1) is 12.3 Å². The first-order valence-electron chi connectivity index (χ1n) is 8.13. The second-order valence-corrected chi connectivity index (χ2v) is 6.95. The van der Waals surface area contributed by atoms with Crippen molar-refractivity contribution in [3.63, 3.8) is 0 Å². The van der Waals surface area contributed by atoms with Crippen molar-refractivity contribution < 1.29 is 4.79 Å². The van der Waals surface area contributed by atoms with Crippen molar-refractivity contribution in [2.45, 2.75) is 32.6 Å². The Kier molecular flexibility index (Phi) is 4.03. The largest absolute Gasteiger partial charge is 0.338 e. The van der Waals surface area contributed by atoms with E-state index in [4.69, 9.17) is 0 Å². The number of rotatable bonds is 1. The third-order valence-electron chi connectivity index (χ3n) is 5.37. The van der Waals surface area contributed by atoms with E-state index in [1.54, 1.807) is 0 Å². The molecule has 0 atom stereocenters. The average Bonchev–Trinajstić information content (AvgIpc) is 2.51. The summed E-state index contributed by atoms with van der Waals surface area (Å²) in [5.41, 5.74) is 2.34. The lowest BCUT2D eigenvalue weighted by Crippen LogP contribution is -2.50. The SMILES string of the molecule is Cc1ccccc1C(=O)N1CCCC2(CCN(C)CC2)C1. The van der Waals surface area contributed by atoms with Gasteiger partial charge in [0.25, 0.3) is 5.91 Å². The molecule has 2 aliphatic heterocycles. The maximum absolute atomic E-state index is 12.8. The van der Waals surface area contributed by atoms with Gasteiger partial charge in [0.15, 0.2) is 0 Å². The molecule has 0 saturated carbocycles. The fourth-order valence-electron chi connectivity index (χ4n) is 3.87. The summed E-state index contributed by atoms with van der Waals surface area (Å²) in [6, 6.07) is 7.96. The fraction of sp³-hybridized carbons (Fsp3) is 0.611. The van der Waals surface area contributed by atoms with Crippen molar-refractivity contribution in [1.29, 1.82) is 0 Å². The Morgan fingerprint density at radius 3 is 2.52 bits per heavy atom. The van der Waals surface area contributed by atoms with Gasteiger partial charge in [-0.15, -0.1) is 0 Å². The van der Waals surface area contributed by atoms with Crippen LogP contribution in [-0.2, 0) is 0 Å². The van der Waals surface area contributed by atoms with E-state index in [0.717, 1.165) is 30.6 Å². The molecule has 0 radical (unpaired) electrons. The Morgan fingerprint density at radius 2 is 1.81 bits per heavy atom. The Labute approximate surface area is 127 Å². The number of nitrogens with zero attached hydrogens (tertiary/aromatic N) is 2. The summed E-state index contributed by atoms with van der Waals surface area (Å²) in [5.74, 6) is 0.228. The highest BCUT2D eigenvalue weighted by molar-refractivity contribution is 5.95. The van der Waals surface area contributed by atoms with Crippen LogP contribution in [0.3, 0.4) is 0 Å². The van der Waals surface area contributed by atoms with E-state index in [2.05, 4.69) is 16.8 Å². The maximum Gasteiger partial charge on any atom is 0.254 e. The molecule has 3 heteroatoms. The number of benzene rings is 1. The predicted octanol–water partition coefficient (Wildman–Crippen LogP) is 2.94. The smallest absolute Gasteiger partial charge is 0.254 e. The summed E-state index contributed by atoms with van der Waals surface area (Å²) in [6.07, 6.45) is 4.92. The number of aryl methyl sites for hydroxylation is 1. The lowest BCUT2D eigenvalue weighted by atomic mass is 9.72. The van der Waals surface area contributed by atoms with Gasteiger partial charge < -0.3 is 9.80 Å². The molecule has 0 aromatic heterocycles. The minimum Gasteiger partial charge on any atom is -0.338 e. The summed E-state index contributed by atoms with van der Waals surface area (Å²) in [4.78, 5) is 17.3. The summed E-state index contributed by atoms with van der Waals surface area (Å²) >= 11 is 0. The lowest BCUT2D eigenvalue weighted by Gasteiger charge is -2.47. The van der Waals surface area contributed by atoms with Crippen molar-refractivity contribution in [2.75, 3.05) is 33.2 Å². The first-order chi connectivity index (χ1) is 10.1. The lowest BCUT2D eigenvalue weighted by molar-refractivity contribution is 0.0261. The molecule has 0 aliphatic carbocycles. The van der Waals surface area contributed by atoms with E-state index >= 15 is 0 Å². The fourth-order valence-corrected chi connectivity index (χ4v) is 3.87. The van der Waals surface area contributed by atoms with Crippen molar-refractivity contribution in [1.82, 2.24) is 9.80 Å². The molecule has 3 rings (SSSR count). The molecule has 2 saturated heterocycles. The van der Waals surface area contributed by atoms with Gasteiger partial charge in [0.1, 0.15) is 0 Å². The Bertz CT molecular complexity index is 518. The van der Waals surface area contributed by atoms with Crippen LogP contribution in [0.25, 0.3) is 0 Å². The standard InChI is InChI=1S/C18H26N2O/c1-15-6-3-4-7-16(15)17(21)20-11-5-8-18(14-20)9-12-19(2)13-10-18/h3-4,6-7H,5,8-14H2,1-2H3. The van der Waals surface area contributed by atoms with Crippen molar-refractivity contribution in [3.05, 3.63) is 35.4 Å². The highest BCUT2D eigenvalue weighted by atomic mass is 16.2. The quantitative estimate of drug-likeness (QED) is 0.792. The minimum atomic E-state index is 0.228. The summed E-state index contributed by atoms with van der Waals surface area (Å²) in [5, 5.41) is 0. The second-order valence-electron chi connectivity index (χ2n) is 6.95. The average molecular weight is 286 g/mol. The van der Waals surface area contributed by atoms with Gasteiger partial charge in [-0.1, -0.05) is 18.2 Å². The maximum atomic E-state index is 12.8. The van der Waals surface area contributed by atoms with Gasteiger partial charge in [-0.3, -0.25) is 4.79 Å². The molecule has 114 valence electrons. The van der Waals surface area contributed by atoms with E-state index in [1.807, 2.05) is 31.2 Å². The molecule has 1 amide bonds. The van der Waals surface area contributed by atoms with Gasteiger partial charge in [0, 0.05) is 18.7 Å². The van der Waals surface area contributed by atoms with Crippen LogP contribution in [0.5, 0.6) is 0 Å². The van der Waals surface area contributed by atoms with Gasteiger partial charge in [-0.25, -0.2) is 0 Å². The van der Waals surface area contributed by atoms with Crippen molar-refractivity contribution >= 4 is 5.91 Å². The van der Waals surface area contributed by atoms with Crippen molar-refractivity contribution in [3.8, 4) is 0 Å². The highest BCUT2D eigenvalue weighted by Gasteiger charge is 2.39. The second kappa shape index (κ2) is 5.80. The molecule has 0 bridgehead atoms. The third kappa shape index (κ3) is 2.98. The molecule has 21 heavy (non-hydrogen) atoms. The van der Waals surface area contributed by atoms with E-state index < -0.39 is 0 Å². The molecule has 0 unspecified atom stereocenters. The first-order valence-corrected chi connectivity index (χ1v) is 8.13. The zero-order valence-corrected chi connectivity index (χ0v) is 13.3. The number of hydrogen-bond donors (Lipinski definition) is 0. The van der Waals surface area contributed by atoms with Crippen molar-refractivity contribution in [2.24, 2.45) is 5.41 Å². The van der Waals surface area contributed by atoms with Crippen LogP contribution in [0.1, 0.15) is 41.6 Å². The van der Waals surface area contributed by atoms with Gasteiger partial charge in [0.05, 0.1) is 0 Å². The predicted molar refractivity (Wildman–Crippen MR) is 85.5 cm³/mol. The first kappa shape index (κ1) is 14.6. The molecule has 3 nitrogen and oxygen atoms in total. The molecule has 0 N–H and O–H groups in total. The van der Waals surface area contributed by atoms with Crippen LogP contribution < -0.4 is 0 Å². The Hall–Kier alpha value is -1.35. The molecule has 2 heterocycles. The zero-order chi connectivity index (χ0) is 14.9. The van der Waals surface area contributed by atoms with Crippen LogP contribution in [0.15, 0.2) is 24.3 Å². The normalized spacial score (nSPS) is 22.5. The number of carbonyl (C=O) groups is 1. The van der Waals surface area contributed by atoms with Crippen LogP contribution in [-0.4, -0.2) is 48.9 Å². The van der Waals surface area contributed by atoms with Gasteiger partial charge in [-0.2, -0.15) is 0 Å². The zero-order valence-electron chi connectivity index (χ0n) is 13.3. The van der Waals surface area contributed by atoms with E-state index in [9.17, 15) is 4.79 Å². The Balaban J connectivity index is 1.74. The van der Waals surface area contributed by atoms with Crippen LogP contribution >= 0.6 is 0 Å². The van der Waals surface area contributed by atoms with Gasteiger partial charge in [0.2, 0.25) is 0 Å². The Morgan fingerprint density at radius 1 is 1.10 bits per heavy atom. The number of hydrogen-bond acceptors (Lipinski definition) is 2. The van der Waals surface area contributed by atoms with E-state index in [1.165, 1.54) is 32.4 Å². The van der Waals surface area contributed by atoms with Gasteiger partial charge >= 0.3 is 0 Å². The third-order valence-corrected chi connectivity index (χ3v) is 5.37. The van der Waals surface area contributed by atoms with E-state index in [-0.39, 0.29) is 5.91 Å². The molecule has 1 aromatic carbocycles.